The van der Waals surface area contributed by atoms with Gasteiger partial charge in [-0.05, 0) is 25.0 Å². The third kappa shape index (κ3) is 1.84. The lowest BCUT2D eigenvalue weighted by molar-refractivity contribution is -0.0304. The van der Waals surface area contributed by atoms with E-state index < -0.39 is 5.60 Å². The minimum Gasteiger partial charge on any atom is -0.386 e. The SMILES string of the molecule is Cc1cccc(N2CC(O)(C(C)C)C2)n1. The third-order valence-corrected chi connectivity index (χ3v) is 3.20. The molecule has 0 amide bonds. The van der Waals surface area contributed by atoms with Gasteiger partial charge < -0.3 is 10.0 Å². The first-order valence-corrected chi connectivity index (χ1v) is 5.42. The van der Waals surface area contributed by atoms with E-state index in [2.05, 4.69) is 23.7 Å². The zero-order chi connectivity index (χ0) is 11.1. The highest BCUT2D eigenvalue weighted by atomic mass is 16.3. The molecule has 82 valence electrons. The molecule has 0 aromatic carbocycles. The van der Waals surface area contributed by atoms with Gasteiger partial charge in [0.1, 0.15) is 11.4 Å². The molecule has 15 heavy (non-hydrogen) atoms. The van der Waals surface area contributed by atoms with Crippen LogP contribution in [0.4, 0.5) is 5.82 Å². The van der Waals surface area contributed by atoms with E-state index in [0.717, 1.165) is 11.5 Å². The average Bonchev–Trinajstić information content (AvgIpc) is 2.12. The monoisotopic (exact) mass is 206 g/mol. The Morgan fingerprint density at radius 1 is 1.40 bits per heavy atom. The first-order valence-electron chi connectivity index (χ1n) is 5.42. The summed E-state index contributed by atoms with van der Waals surface area (Å²) in [6.45, 7) is 7.49. The second-order valence-electron chi connectivity index (χ2n) is 4.75. The summed E-state index contributed by atoms with van der Waals surface area (Å²) in [5, 5.41) is 10.1. The molecule has 0 radical (unpaired) electrons. The molecule has 1 aliphatic heterocycles. The van der Waals surface area contributed by atoms with Crippen LogP contribution in [0, 0.1) is 12.8 Å². The van der Waals surface area contributed by atoms with Crippen LogP contribution in [0.2, 0.25) is 0 Å². The fraction of sp³-hybridized carbons (Fsp3) is 0.583. The van der Waals surface area contributed by atoms with E-state index in [-0.39, 0.29) is 0 Å². The van der Waals surface area contributed by atoms with E-state index in [1.807, 2.05) is 25.1 Å². The standard InChI is InChI=1S/C12H18N2O/c1-9(2)12(15)7-14(8-12)11-6-4-5-10(3)13-11/h4-6,9,15H,7-8H2,1-3H3. The van der Waals surface area contributed by atoms with Gasteiger partial charge in [-0.2, -0.15) is 0 Å². The van der Waals surface area contributed by atoms with Crippen molar-refractivity contribution in [3.8, 4) is 0 Å². The molecule has 0 atom stereocenters. The van der Waals surface area contributed by atoms with E-state index in [0.29, 0.717) is 19.0 Å². The molecular weight excluding hydrogens is 188 g/mol. The van der Waals surface area contributed by atoms with Crippen LogP contribution in [0.5, 0.6) is 0 Å². The van der Waals surface area contributed by atoms with Crippen LogP contribution in [0.3, 0.4) is 0 Å². The number of nitrogens with zero attached hydrogens (tertiary/aromatic N) is 2. The van der Waals surface area contributed by atoms with Crippen molar-refractivity contribution in [1.29, 1.82) is 0 Å². The molecule has 0 spiro atoms. The summed E-state index contributed by atoms with van der Waals surface area (Å²) in [4.78, 5) is 6.55. The van der Waals surface area contributed by atoms with Crippen molar-refractivity contribution < 1.29 is 5.11 Å². The Hall–Kier alpha value is -1.09. The van der Waals surface area contributed by atoms with Crippen molar-refractivity contribution in [3.05, 3.63) is 23.9 Å². The van der Waals surface area contributed by atoms with E-state index in [1.165, 1.54) is 0 Å². The van der Waals surface area contributed by atoms with Gasteiger partial charge in [0.05, 0.1) is 13.1 Å². The molecule has 3 heteroatoms. The average molecular weight is 206 g/mol. The van der Waals surface area contributed by atoms with Crippen LogP contribution < -0.4 is 4.90 Å². The first-order chi connectivity index (χ1) is 7.01. The van der Waals surface area contributed by atoms with Crippen molar-refractivity contribution in [2.24, 2.45) is 5.92 Å². The highest BCUT2D eigenvalue weighted by Gasteiger charge is 2.44. The largest absolute Gasteiger partial charge is 0.386 e. The Morgan fingerprint density at radius 3 is 2.60 bits per heavy atom. The Kier molecular flexibility index (Phi) is 2.43. The number of aromatic nitrogens is 1. The predicted octanol–water partition coefficient (Wildman–Crippen LogP) is 1.60. The maximum absolute atomic E-state index is 10.1. The molecule has 1 aromatic rings. The molecule has 2 rings (SSSR count). The van der Waals surface area contributed by atoms with E-state index in [1.54, 1.807) is 0 Å². The molecule has 1 N–H and O–H groups in total. The molecule has 0 unspecified atom stereocenters. The molecule has 0 aliphatic carbocycles. The molecule has 0 bridgehead atoms. The minimum absolute atomic E-state index is 0.304. The van der Waals surface area contributed by atoms with Gasteiger partial charge in [0.15, 0.2) is 0 Å². The second-order valence-corrected chi connectivity index (χ2v) is 4.75. The summed E-state index contributed by atoms with van der Waals surface area (Å²) in [7, 11) is 0. The van der Waals surface area contributed by atoms with Crippen LogP contribution >= 0.6 is 0 Å². The van der Waals surface area contributed by atoms with Crippen LogP contribution in [0.15, 0.2) is 18.2 Å². The number of anilines is 1. The molecular formula is C12H18N2O. The highest BCUT2D eigenvalue weighted by Crippen LogP contribution is 2.31. The van der Waals surface area contributed by atoms with Gasteiger partial charge in [-0.15, -0.1) is 0 Å². The van der Waals surface area contributed by atoms with Crippen molar-refractivity contribution in [3.63, 3.8) is 0 Å². The summed E-state index contributed by atoms with van der Waals surface area (Å²) in [6, 6.07) is 5.98. The highest BCUT2D eigenvalue weighted by molar-refractivity contribution is 5.44. The number of aliphatic hydroxyl groups is 1. The maximum Gasteiger partial charge on any atom is 0.128 e. The zero-order valence-electron chi connectivity index (χ0n) is 9.57. The number of hydrogen-bond donors (Lipinski definition) is 1. The lowest BCUT2D eigenvalue weighted by Crippen LogP contribution is -2.65. The smallest absolute Gasteiger partial charge is 0.128 e. The topological polar surface area (TPSA) is 36.4 Å². The normalized spacial score (nSPS) is 19.1. The summed E-state index contributed by atoms with van der Waals surface area (Å²) >= 11 is 0. The van der Waals surface area contributed by atoms with Gasteiger partial charge in [0.25, 0.3) is 0 Å². The molecule has 2 heterocycles. The van der Waals surface area contributed by atoms with Crippen LogP contribution in [0.25, 0.3) is 0 Å². The Balaban J connectivity index is 2.06. The number of β-amino-alcohol motifs (C(OH)–C–C–N with tert-alkyl or cyclic N) is 1. The van der Waals surface area contributed by atoms with Crippen molar-refractivity contribution in [1.82, 2.24) is 4.98 Å². The summed E-state index contributed by atoms with van der Waals surface area (Å²) in [5.74, 6) is 1.28. The van der Waals surface area contributed by atoms with Gasteiger partial charge in [-0.3, -0.25) is 0 Å². The minimum atomic E-state index is -0.522. The quantitative estimate of drug-likeness (QED) is 0.798. The van der Waals surface area contributed by atoms with E-state index in [9.17, 15) is 5.11 Å². The Morgan fingerprint density at radius 2 is 2.07 bits per heavy atom. The number of rotatable bonds is 2. The van der Waals surface area contributed by atoms with Gasteiger partial charge in [0.2, 0.25) is 0 Å². The molecule has 1 aliphatic rings. The number of hydrogen-bond acceptors (Lipinski definition) is 3. The Bertz CT molecular complexity index is 356. The van der Waals surface area contributed by atoms with Crippen LogP contribution in [0.1, 0.15) is 19.5 Å². The van der Waals surface area contributed by atoms with Crippen LogP contribution in [-0.4, -0.2) is 28.8 Å². The van der Waals surface area contributed by atoms with Crippen molar-refractivity contribution in [2.75, 3.05) is 18.0 Å². The zero-order valence-corrected chi connectivity index (χ0v) is 9.57. The second kappa shape index (κ2) is 3.49. The predicted molar refractivity (Wildman–Crippen MR) is 61.0 cm³/mol. The maximum atomic E-state index is 10.1. The first kappa shape index (κ1) is 10.4. The van der Waals surface area contributed by atoms with E-state index >= 15 is 0 Å². The van der Waals surface area contributed by atoms with Gasteiger partial charge >= 0.3 is 0 Å². The van der Waals surface area contributed by atoms with Gasteiger partial charge in [0, 0.05) is 5.69 Å². The summed E-state index contributed by atoms with van der Waals surface area (Å²) in [5.41, 5.74) is 0.498. The molecule has 1 aromatic heterocycles. The summed E-state index contributed by atoms with van der Waals surface area (Å²) in [6.07, 6.45) is 0. The lowest BCUT2D eigenvalue weighted by Gasteiger charge is -2.49. The molecule has 1 fully saturated rings. The fourth-order valence-corrected chi connectivity index (χ4v) is 1.85. The van der Waals surface area contributed by atoms with Gasteiger partial charge in [-0.1, -0.05) is 19.9 Å². The molecule has 3 nitrogen and oxygen atoms in total. The summed E-state index contributed by atoms with van der Waals surface area (Å²) < 4.78 is 0. The van der Waals surface area contributed by atoms with Crippen LogP contribution in [-0.2, 0) is 0 Å². The number of pyridine rings is 1. The molecule has 1 saturated heterocycles. The van der Waals surface area contributed by atoms with Crippen molar-refractivity contribution in [2.45, 2.75) is 26.4 Å². The molecule has 0 saturated carbocycles. The number of aryl methyl sites for hydroxylation is 1. The third-order valence-electron chi connectivity index (χ3n) is 3.20. The van der Waals surface area contributed by atoms with Gasteiger partial charge in [-0.25, -0.2) is 4.98 Å². The van der Waals surface area contributed by atoms with Crippen molar-refractivity contribution >= 4 is 5.82 Å². The van der Waals surface area contributed by atoms with E-state index in [4.69, 9.17) is 0 Å². The fourth-order valence-electron chi connectivity index (χ4n) is 1.85. The lowest BCUT2D eigenvalue weighted by atomic mass is 9.83. The Labute approximate surface area is 90.8 Å².